The highest BCUT2D eigenvalue weighted by atomic mass is 32.2. The van der Waals surface area contributed by atoms with E-state index in [0.29, 0.717) is 18.4 Å². The van der Waals surface area contributed by atoms with Gasteiger partial charge in [0.1, 0.15) is 5.25 Å². The summed E-state index contributed by atoms with van der Waals surface area (Å²) in [5.74, 6) is -0.0520. The fourth-order valence-corrected chi connectivity index (χ4v) is 2.43. The molecule has 0 radical (unpaired) electrons. The van der Waals surface area contributed by atoms with Crippen LogP contribution in [0.1, 0.15) is 19.8 Å². The molecule has 2 N–H and O–H groups in total. The van der Waals surface area contributed by atoms with Gasteiger partial charge in [-0.15, -0.1) is 11.8 Å². The SMILES string of the molecule is CC(CCN)SC1CCOC1=O. The lowest BCUT2D eigenvalue weighted by Gasteiger charge is -2.11. The predicted octanol–water partition coefficient (Wildman–Crippen LogP) is 0.772. The molecule has 0 bridgehead atoms. The lowest BCUT2D eigenvalue weighted by atomic mass is 10.3. The highest BCUT2D eigenvalue weighted by molar-refractivity contribution is 8.01. The Bertz CT molecular complexity index is 163. The third-order valence-corrected chi connectivity index (χ3v) is 3.31. The number of ether oxygens (including phenoxy) is 1. The predicted molar refractivity (Wildman–Crippen MR) is 50.1 cm³/mol. The van der Waals surface area contributed by atoms with Crippen LogP contribution < -0.4 is 5.73 Å². The Labute approximate surface area is 77.0 Å². The molecule has 1 fully saturated rings. The van der Waals surface area contributed by atoms with Crippen molar-refractivity contribution in [1.29, 1.82) is 0 Å². The summed E-state index contributed by atoms with van der Waals surface area (Å²) >= 11 is 1.69. The van der Waals surface area contributed by atoms with Crippen LogP contribution in [0.2, 0.25) is 0 Å². The van der Waals surface area contributed by atoms with Gasteiger partial charge in [0.2, 0.25) is 0 Å². The van der Waals surface area contributed by atoms with E-state index in [-0.39, 0.29) is 11.2 Å². The summed E-state index contributed by atoms with van der Waals surface area (Å²) in [5.41, 5.74) is 5.41. The molecular weight excluding hydrogens is 174 g/mol. The first-order valence-corrected chi connectivity index (χ1v) is 5.20. The van der Waals surface area contributed by atoms with Crippen molar-refractivity contribution in [2.45, 2.75) is 30.3 Å². The van der Waals surface area contributed by atoms with Gasteiger partial charge in [0.05, 0.1) is 6.61 Å². The summed E-state index contributed by atoms with van der Waals surface area (Å²) in [6.07, 6.45) is 1.83. The van der Waals surface area contributed by atoms with Crippen LogP contribution >= 0.6 is 11.8 Å². The average Bonchev–Trinajstić information content (AvgIpc) is 2.37. The second-order valence-electron chi connectivity index (χ2n) is 2.97. The van der Waals surface area contributed by atoms with Crippen molar-refractivity contribution in [1.82, 2.24) is 0 Å². The van der Waals surface area contributed by atoms with Gasteiger partial charge in [0.15, 0.2) is 0 Å². The van der Waals surface area contributed by atoms with E-state index in [9.17, 15) is 4.79 Å². The first-order valence-electron chi connectivity index (χ1n) is 4.26. The van der Waals surface area contributed by atoms with Crippen molar-refractivity contribution in [3.63, 3.8) is 0 Å². The minimum atomic E-state index is -0.0520. The second kappa shape index (κ2) is 4.72. The fraction of sp³-hybridized carbons (Fsp3) is 0.875. The molecule has 2 unspecified atom stereocenters. The van der Waals surface area contributed by atoms with Gasteiger partial charge < -0.3 is 10.5 Å². The van der Waals surface area contributed by atoms with Crippen molar-refractivity contribution < 1.29 is 9.53 Å². The Kier molecular flexibility index (Phi) is 3.88. The zero-order valence-corrected chi connectivity index (χ0v) is 8.10. The number of carbonyl (C=O) groups is 1. The molecule has 4 heteroatoms. The van der Waals surface area contributed by atoms with Gasteiger partial charge in [-0.25, -0.2) is 0 Å². The number of hydrogen-bond donors (Lipinski definition) is 1. The molecule has 12 heavy (non-hydrogen) atoms. The molecule has 0 aromatic rings. The molecule has 0 aromatic carbocycles. The van der Waals surface area contributed by atoms with Crippen LogP contribution in [0.25, 0.3) is 0 Å². The van der Waals surface area contributed by atoms with Crippen LogP contribution in [0.3, 0.4) is 0 Å². The summed E-state index contributed by atoms with van der Waals surface area (Å²) in [5, 5.41) is 0.525. The van der Waals surface area contributed by atoms with Crippen molar-refractivity contribution >= 4 is 17.7 Å². The van der Waals surface area contributed by atoms with E-state index in [4.69, 9.17) is 10.5 Å². The molecule has 70 valence electrons. The fourth-order valence-electron chi connectivity index (χ4n) is 1.18. The maximum absolute atomic E-state index is 11.0. The Morgan fingerprint density at radius 2 is 2.58 bits per heavy atom. The second-order valence-corrected chi connectivity index (χ2v) is 4.61. The maximum atomic E-state index is 11.0. The lowest BCUT2D eigenvalue weighted by molar-refractivity contribution is -0.137. The van der Waals surface area contributed by atoms with Gasteiger partial charge in [-0.3, -0.25) is 4.79 Å². The van der Waals surface area contributed by atoms with Crippen LogP contribution in [-0.4, -0.2) is 29.6 Å². The number of hydrogen-bond acceptors (Lipinski definition) is 4. The number of cyclic esters (lactones) is 1. The summed E-state index contributed by atoms with van der Waals surface area (Å²) in [7, 11) is 0. The molecule has 2 atom stereocenters. The summed E-state index contributed by atoms with van der Waals surface area (Å²) in [6.45, 7) is 3.38. The molecule has 1 rings (SSSR count). The van der Waals surface area contributed by atoms with Crippen LogP contribution in [-0.2, 0) is 9.53 Å². The zero-order chi connectivity index (χ0) is 8.97. The summed E-state index contributed by atoms with van der Waals surface area (Å²) in [4.78, 5) is 11.0. The van der Waals surface area contributed by atoms with E-state index < -0.39 is 0 Å². The quantitative estimate of drug-likeness (QED) is 0.664. The van der Waals surface area contributed by atoms with Crippen LogP contribution in [0, 0.1) is 0 Å². The number of rotatable bonds is 4. The molecule has 0 aromatic heterocycles. The molecule has 0 aliphatic carbocycles. The van der Waals surface area contributed by atoms with Crippen molar-refractivity contribution in [2.24, 2.45) is 5.73 Å². The highest BCUT2D eigenvalue weighted by Crippen LogP contribution is 2.26. The van der Waals surface area contributed by atoms with Crippen LogP contribution in [0.5, 0.6) is 0 Å². The Balaban J connectivity index is 2.25. The van der Waals surface area contributed by atoms with Gasteiger partial charge in [0, 0.05) is 11.7 Å². The molecule has 1 aliphatic heterocycles. The standard InChI is InChI=1S/C8H15NO2S/c1-6(2-4-9)12-7-3-5-11-8(7)10/h6-7H,2-5,9H2,1H3. The van der Waals surface area contributed by atoms with Gasteiger partial charge in [-0.05, 0) is 13.0 Å². The molecule has 1 heterocycles. The third kappa shape index (κ3) is 2.68. The first-order chi connectivity index (χ1) is 5.74. The van der Waals surface area contributed by atoms with E-state index in [1.807, 2.05) is 0 Å². The molecule has 0 amide bonds. The summed E-state index contributed by atoms with van der Waals surface area (Å²) in [6, 6.07) is 0. The van der Waals surface area contributed by atoms with Gasteiger partial charge in [-0.2, -0.15) is 0 Å². The smallest absolute Gasteiger partial charge is 0.319 e. The Morgan fingerprint density at radius 3 is 3.08 bits per heavy atom. The summed E-state index contributed by atoms with van der Waals surface area (Å²) < 4.78 is 4.85. The Hall–Kier alpha value is -0.220. The minimum Gasteiger partial charge on any atom is -0.465 e. The molecular formula is C8H15NO2S. The average molecular weight is 189 g/mol. The third-order valence-electron chi connectivity index (χ3n) is 1.86. The molecule has 0 spiro atoms. The topological polar surface area (TPSA) is 52.3 Å². The van der Waals surface area contributed by atoms with E-state index in [2.05, 4.69) is 6.92 Å². The van der Waals surface area contributed by atoms with Crippen molar-refractivity contribution in [3.05, 3.63) is 0 Å². The monoisotopic (exact) mass is 189 g/mol. The largest absolute Gasteiger partial charge is 0.465 e. The molecule has 1 saturated heterocycles. The maximum Gasteiger partial charge on any atom is 0.319 e. The van der Waals surface area contributed by atoms with Gasteiger partial charge in [-0.1, -0.05) is 6.92 Å². The number of esters is 1. The Morgan fingerprint density at radius 1 is 1.83 bits per heavy atom. The van der Waals surface area contributed by atoms with Crippen molar-refractivity contribution in [3.8, 4) is 0 Å². The lowest BCUT2D eigenvalue weighted by Crippen LogP contribution is -2.16. The van der Waals surface area contributed by atoms with Gasteiger partial charge in [0.25, 0.3) is 0 Å². The highest BCUT2D eigenvalue weighted by Gasteiger charge is 2.28. The molecule has 3 nitrogen and oxygen atoms in total. The number of nitrogens with two attached hydrogens (primary N) is 1. The van der Waals surface area contributed by atoms with E-state index in [0.717, 1.165) is 12.8 Å². The van der Waals surface area contributed by atoms with Crippen LogP contribution in [0.15, 0.2) is 0 Å². The minimum absolute atomic E-state index is 0.0520. The number of carbonyl (C=O) groups excluding carboxylic acids is 1. The first kappa shape index (κ1) is 9.86. The molecule has 0 saturated carbocycles. The van der Waals surface area contributed by atoms with Gasteiger partial charge >= 0.3 is 5.97 Å². The van der Waals surface area contributed by atoms with Crippen molar-refractivity contribution in [2.75, 3.05) is 13.2 Å². The number of thioether (sulfide) groups is 1. The zero-order valence-electron chi connectivity index (χ0n) is 7.29. The molecule has 1 aliphatic rings. The normalized spacial score (nSPS) is 25.5. The van der Waals surface area contributed by atoms with E-state index >= 15 is 0 Å². The van der Waals surface area contributed by atoms with E-state index in [1.165, 1.54) is 0 Å². The van der Waals surface area contributed by atoms with Crippen LogP contribution in [0.4, 0.5) is 0 Å². The van der Waals surface area contributed by atoms with E-state index in [1.54, 1.807) is 11.8 Å².